The third kappa shape index (κ3) is 1.87. The second-order valence-electron chi connectivity index (χ2n) is 4.06. The molecule has 0 atom stereocenters. The van der Waals surface area contributed by atoms with Gasteiger partial charge in [0.05, 0.1) is 23.0 Å². The van der Waals surface area contributed by atoms with Crippen LogP contribution in [0.4, 0.5) is 5.69 Å². The number of aromatic nitrogens is 2. The average molecular weight is 222 g/mol. The molecule has 0 aliphatic carbocycles. The fraction of sp³-hybridized carbons (Fsp3) is 0.0714. The SMILES string of the molecule is [NH]c1ccc(Cn2cnc3ccccc32)cc1. The van der Waals surface area contributed by atoms with Crippen LogP contribution < -0.4 is 5.73 Å². The lowest BCUT2D eigenvalue weighted by Gasteiger charge is -2.04. The number of rotatable bonds is 2. The van der Waals surface area contributed by atoms with Crippen LogP contribution >= 0.6 is 0 Å². The highest BCUT2D eigenvalue weighted by Gasteiger charge is 2.01. The fourth-order valence-corrected chi connectivity index (χ4v) is 1.94. The third-order valence-electron chi connectivity index (χ3n) is 2.83. The summed E-state index contributed by atoms with van der Waals surface area (Å²) in [4.78, 5) is 4.36. The van der Waals surface area contributed by atoms with E-state index in [1.54, 1.807) is 0 Å². The number of nitrogens with one attached hydrogen (secondary N) is 1. The molecular formula is C14H12N3. The predicted molar refractivity (Wildman–Crippen MR) is 68.0 cm³/mol. The minimum atomic E-state index is 0.546. The van der Waals surface area contributed by atoms with Gasteiger partial charge < -0.3 is 10.3 Å². The number of hydrogen-bond donors (Lipinski definition) is 0. The molecule has 3 rings (SSSR count). The van der Waals surface area contributed by atoms with E-state index in [0.717, 1.165) is 17.6 Å². The highest BCUT2D eigenvalue weighted by Crippen LogP contribution is 2.15. The molecule has 17 heavy (non-hydrogen) atoms. The van der Waals surface area contributed by atoms with E-state index in [4.69, 9.17) is 5.73 Å². The number of nitrogens with zero attached hydrogens (tertiary/aromatic N) is 2. The maximum atomic E-state index is 7.45. The Morgan fingerprint density at radius 2 is 1.76 bits per heavy atom. The van der Waals surface area contributed by atoms with Gasteiger partial charge in [0, 0.05) is 6.54 Å². The van der Waals surface area contributed by atoms with Gasteiger partial charge in [-0.1, -0.05) is 24.3 Å². The first kappa shape index (κ1) is 9.90. The number of imidazole rings is 1. The van der Waals surface area contributed by atoms with Gasteiger partial charge in [-0.25, -0.2) is 4.98 Å². The van der Waals surface area contributed by atoms with Crippen molar-refractivity contribution < 1.29 is 0 Å². The van der Waals surface area contributed by atoms with E-state index in [2.05, 4.69) is 15.6 Å². The standard InChI is InChI=1S/C14H12N3/c15-12-7-5-11(6-8-12)9-17-10-16-13-3-1-2-4-14(13)17/h1-8,10,15H,9H2. The summed E-state index contributed by atoms with van der Waals surface area (Å²) in [5.41, 5.74) is 11.3. The molecule has 3 nitrogen and oxygen atoms in total. The summed E-state index contributed by atoms with van der Waals surface area (Å²) in [6.07, 6.45) is 1.86. The first-order valence-electron chi connectivity index (χ1n) is 5.53. The van der Waals surface area contributed by atoms with Crippen molar-refractivity contribution in [1.29, 1.82) is 0 Å². The molecule has 1 heterocycles. The first-order chi connectivity index (χ1) is 8.33. The predicted octanol–water partition coefficient (Wildman–Crippen LogP) is 3.00. The molecule has 0 fully saturated rings. The van der Waals surface area contributed by atoms with Crippen LogP contribution in [0.2, 0.25) is 0 Å². The third-order valence-corrected chi connectivity index (χ3v) is 2.83. The summed E-state index contributed by atoms with van der Waals surface area (Å²) in [6.45, 7) is 0.792. The molecule has 0 aliphatic rings. The van der Waals surface area contributed by atoms with Gasteiger partial charge >= 0.3 is 0 Å². The van der Waals surface area contributed by atoms with Gasteiger partial charge in [0.15, 0.2) is 0 Å². The van der Waals surface area contributed by atoms with Gasteiger partial charge in [0.2, 0.25) is 0 Å². The molecule has 0 aliphatic heterocycles. The number of para-hydroxylation sites is 2. The van der Waals surface area contributed by atoms with E-state index in [0.29, 0.717) is 5.69 Å². The lowest BCUT2D eigenvalue weighted by Crippen LogP contribution is -1.97. The second kappa shape index (κ2) is 3.94. The van der Waals surface area contributed by atoms with Crippen LogP contribution in [-0.2, 0) is 6.54 Å². The zero-order valence-corrected chi connectivity index (χ0v) is 9.30. The maximum Gasteiger partial charge on any atom is 0.0961 e. The Morgan fingerprint density at radius 3 is 2.59 bits per heavy atom. The Hall–Kier alpha value is -2.29. The molecule has 3 aromatic rings. The summed E-state index contributed by atoms with van der Waals surface area (Å²) in [5.74, 6) is 0. The van der Waals surface area contributed by atoms with Crippen LogP contribution in [0.3, 0.4) is 0 Å². The molecule has 0 bridgehead atoms. The lowest BCUT2D eigenvalue weighted by molar-refractivity contribution is 0.824. The zero-order chi connectivity index (χ0) is 11.7. The Bertz CT molecular complexity index is 638. The molecule has 1 N–H and O–H groups in total. The first-order valence-corrected chi connectivity index (χ1v) is 5.53. The normalized spacial score (nSPS) is 10.8. The number of hydrogen-bond acceptors (Lipinski definition) is 1. The van der Waals surface area contributed by atoms with Gasteiger partial charge in [0.1, 0.15) is 0 Å². The van der Waals surface area contributed by atoms with Crippen molar-refractivity contribution in [1.82, 2.24) is 15.3 Å². The molecule has 0 amide bonds. The Morgan fingerprint density at radius 1 is 1.00 bits per heavy atom. The fourth-order valence-electron chi connectivity index (χ4n) is 1.94. The van der Waals surface area contributed by atoms with Gasteiger partial charge in [-0.3, -0.25) is 0 Å². The molecule has 2 aromatic carbocycles. The van der Waals surface area contributed by atoms with Crippen molar-refractivity contribution in [3.8, 4) is 0 Å². The molecular weight excluding hydrogens is 210 g/mol. The van der Waals surface area contributed by atoms with Crippen molar-refractivity contribution in [2.45, 2.75) is 6.54 Å². The van der Waals surface area contributed by atoms with Crippen molar-refractivity contribution >= 4 is 16.7 Å². The monoisotopic (exact) mass is 222 g/mol. The van der Waals surface area contributed by atoms with Crippen LogP contribution in [0.25, 0.3) is 11.0 Å². The molecule has 3 heteroatoms. The summed E-state index contributed by atoms with van der Waals surface area (Å²) in [6, 6.07) is 15.7. The minimum Gasteiger partial charge on any atom is -0.326 e. The van der Waals surface area contributed by atoms with E-state index in [1.807, 2.05) is 48.8 Å². The molecule has 0 spiro atoms. The molecule has 83 valence electrons. The van der Waals surface area contributed by atoms with Crippen molar-refractivity contribution in [2.75, 3.05) is 0 Å². The highest BCUT2D eigenvalue weighted by atomic mass is 15.0. The van der Waals surface area contributed by atoms with E-state index in [1.165, 1.54) is 5.56 Å². The maximum absolute atomic E-state index is 7.45. The summed E-state index contributed by atoms with van der Waals surface area (Å²) >= 11 is 0. The second-order valence-corrected chi connectivity index (χ2v) is 4.06. The largest absolute Gasteiger partial charge is 0.326 e. The van der Waals surface area contributed by atoms with Gasteiger partial charge in [-0.05, 0) is 29.8 Å². The summed E-state index contributed by atoms with van der Waals surface area (Å²) in [7, 11) is 0. The molecule has 0 unspecified atom stereocenters. The van der Waals surface area contributed by atoms with Crippen LogP contribution in [-0.4, -0.2) is 9.55 Å². The summed E-state index contributed by atoms with van der Waals surface area (Å²) in [5, 5.41) is 0. The van der Waals surface area contributed by atoms with Gasteiger partial charge in [0.25, 0.3) is 0 Å². The Balaban J connectivity index is 1.97. The van der Waals surface area contributed by atoms with E-state index in [-0.39, 0.29) is 0 Å². The average Bonchev–Trinajstić information content (AvgIpc) is 2.76. The summed E-state index contributed by atoms with van der Waals surface area (Å²) < 4.78 is 2.12. The van der Waals surface area contributed by atoms with E-state index < -0.39 is 0 Å². The number of fused-ring (bicyclic) bond motifs is 1. The highest BCUT2D eigenvalue weighted by molar-refractivity contribution is 5.75. The van der Waals surface area contributed by atoms with Gasteiger partial charge in [-0.15, -0.1) is 0 Å². The molecule has 0 saturated heterocycles. The Kier molecular flexibility index (Phi) is 2.29. The number of benzene rings is 2. The molecule has 1 radical (unpaired) electrons. The van der Waals surface area contributed by atoms with Crippen LogP contribution in [0.5, 0.6) is 0 Å². The van der Waals surface area contributed by atoms with E-state index in [9.17, 15) is 0 Å². The van der Waals surface area contributed by atoms with E-state index >= 15 is 0 Å². The quantitative estimate of drug-likeness (QED) is 0.657. The molecule has 0 saturated carbocycles. The van der Waals surface area contributed by atoms with Crippen molar-refractivity contribution in [2.24, 2.45) is 0 Å². The molecule has 1 aromatic heterocycles. The lowest BCUT2D eigenvalue weighted by atomic mass is 10.2. The van der Waals surface area contributed by atoms with Crippen molar-refractivity contribution in [3.63, 3.8) is 0 Å². The van der Waals surface area contributed by atoms with Crippen LogP contribution in [0.15, 0.2) is 54.9 Å². The Labute approximate surface area is 99.5 Å². The zero-order valence-electron chi connectivity index (χ0n) is 9.30. The van der Waals surface area contributed by atoms with Gasteiger partial charge in [-0.2, -0.15) is 0 Å². The van der Waals surface area contributed by atoms with Crippen LogP contribution in [0, 0.1) is 0 Å². The van der Waals surface area contributed by atoms with Crippen LogP contribution in [0.1, 0.15) is 5.56 Å². The minimum absolute atomic E-state index is 0.546. The topological polar surface area (TPSA) is 41.6 Å². The van der Waals surface area contributed by atoms with Crippen molar-refractivity contribution in [3.05, 3.63) is 60.4 Å². The smallest absolute Gasteiger partial charge is 0.0961 e.